The number of nitrogens with two attached hydrogens (primary N) is 1. The lowest BCUT2D eigenvalue weighted by molar-refractivity contribution is 0.0159. The Kier molecular flexibility index (Phi) is 5.63. The Labute approximate surface area is 122 Å². The van der Waals surface area contributed by atoms with Gasteiger partial charge in [-0.05, 0) is 25.0 Å². The van der Waals surface area contributed by atoms with Crippen LogP contribution in [-0.2, 0) is 11.3 Å². The van der Waals surface area contributed by atoms with E-state index in [1.54, 1.807) is 0 Å². The van der Waals surface area contributed by atoms with Gasteiger partial charge in [-0.25, -0.2) is 0 Å². The summed E-state index contributed by atoms with van der Waals surface area (Å²) < 4.78 is 6.66. The molecule has 0 unspecified atom stereocenters. The van der Waals surface area contributed by atoms with Crippen molar-refractivity contribution >= 4 is 21.6 Å². The second-order valence-electron chi connectivity index (χ2n) is 4.72. The molecule has 1 saturated heterocycles. The van der Waals surface area contributed by atoms with E-state index in [1.165, 1.54) is 5.69 Å². The van der Waals surface area contributed by atoms with E-state index in [-0.39, 0.29) is 12.7 Å². The second kappa shape index (κ2) is 7.24. The number of rotatable bonds is 5. The smallest absolute Gasteiger partial charge is 0.0701 e. The van der Waals surface area contributed by atoms with Gasteiger partial charge in [0.15, 0.2) is 0 Å². The summed E-state index contributed by atoms with van der Waals surface area (Å²) in [4.78, 5) is 2.37. The summed E-state index contributed by atoms with van der Waals surface area (Å²) >= 11 is 3.56. The van der Waals surface area contributed by atoms with Crippen LogP contribution in [-0.4, -0.2) is 37.5 Å². The molecule has 0 spiro atoms. The number of aliphatic hydroxyl groups is 1. The number of piperidine rings is 1. The molecular formula is C14H21BrN2O2. The minimum absolute atomic E-state index is 0.100. The van der Waals surface area contributed by atoms with Crippen LogP contribution in [0.1, 0.15) is 18.4 Å². The Hall–Kier alpha value is -0.620. The third-order valence-electron chi connectivity index (χ3n) is 3.53. The Balaban J connectivity index is 1.99. The fraction of sp³-hybridized carbons (Fsp3) is 0.571. The molecule has 0 aromatic heterocycles. The molecule has 1 heterocycles. The number of hydrogen-bond donors (Lipinski definition) is 2. The highest BCUT2D eigenvalue weighted by Crippen LogP contribution is 2.29. The molecule has 0 aliphatic carbocycles. The third-order valence-corrected chi connectivity index (χ3v) is 4.27. The average Bonchev–Trinajstić information content (AvgIpc) is 2.45. The predicted octanol–water partition coefficient (Wildman–Crippen LogP) is 1.89. The summed E-state index contributed by atoms with van der Waals surface area (Å²) in [5.74, 6) is 0. The summed E-state index contributed by atoms with van der Waals surface area (Å²) in [6.45, 7) is 3.02. The van der Waals surface area contributed by atoms with Crippen LogP contribution in [0.3, 0.4) is 0 Å². The standard InChI is InChI=1S/C14H21BrN2O2/c15-13-2-1-3-14(12(13)10-16)17-6-4-11(5-7-17)19-9-8-18/h1-3,11,18H,4-10,16H2. The molecule has 2 rings (SSSR count). The molecule has 1 fully saturated rings. The van der Waals surface area contributed by atoms with Gasteiger partial charge in [0.2, 0.25) is 0 Å². The lowest BCUT2D eigenvalue weighted by atomic mass is 10.0. The highest BCUT2D eigenvalue weighted by Gasteiger charge is 2.21. The third kappa shape index (κ3) is 3.69. The first kappa shape index (κ1) is 14.8. The molecule has 4 nitrogen and oxygen atoms in total. The van der Waals surface area contributed by atoms with Crippen molar-refractivity contribution in [3.8, 4) is 0 Å². The monoisotopic (exact) mass is 328 g/mol. The van der Waals surface area contributed by atoms with Crippen molar-refractivity contribution in [3.05, 3.63) is 28.2 Å². The van der Waals surface area contributed by atoms with Crippen LogP contribution in [0.15, 0.2) is 22.7 Å². The first-order valence-corrected chi connectivity index (χ1v) is 7.50. The Bertz CT molecular complexity index is 406. The molecule has 0 bridgehead atoms. The predicted molar refractivity (Wildman–Crippen MR) is 80.3 cm³/mol. The summed E-state index contributed by atoms with van der Waals surface area (Å²) in [5.41, 5.74) is 8.23. The lowest BCUT2D eigenvalue weighted by Crippen LogP contribution is -2.38. The average molecular weight is 329 g/mol. The maximum atomic E-state index is 8.77. The number of nitrogens with zero attached hydrogens (tertiary/aromatic N) is 1. The summed E-state index contributed by atoms with van der Waals surface area (Å²) in [7, 11) is 0. The number of ether oxygens (including phenoxy) is 1. The van der Waals surface area contributed by atoms with Crippen molar-refractivity contribution < 1.29 is 9.84 Å². The van der Waals surface area contributed by atoms with E-state index >= 15 is 0 Å². The Morgan fingerprint density at radius 2 is 2.11 bits per heavy atom. The SMILES string of the molecule is NCc1c(Br)cccc1N1CCC(OCCO)CC1. The van der Waals surface area contributed by atoms with Crippen molar-refractivity contribution in [3.63, 3.8) is 0 Å². The Morgan fingerprint density at radius 1 is 1.37 bits per heavy atom. The first-order chi connectivity index (χ1) is 9.26. The van der Waals surface area contributed by atoms with Gasteiger partial charge < -0.3 is 20.5 Å². The molecule has 0 saturated carbocycles. The molecule has 1 aliphatic rings. The molecule has 5 heteroatoms. The normalized spacial score (nSPS) is 16.9. The number of aliphatic hydroxyl groups excluding tert-OH is 1. The fourth-order valence-corrected chi connectivity index (χ4v) is 3.05. The van der Waals surface area contributed by atoms with Gasteiger partial charge in [-0.1, -0.05) is 22.0 Å². The topological polar surface area (TPSA) is 58.7 Å². The number of anilines is 1. The molecule has 1 aliphatic heterocycles. The molecule has 106 valence electrons. The van der Waals surface area contributed by atoms with Crippen LogP contribution in [0.5, 0.6) is 0 Å². The van der Waals surface area contributed by atoms with E-state index in [0.717, 1.165) is 36.0 Å². The van der Waals surface area contributed by atoms with Crippen molar-refractivity contribution in [2.75, 3.05) is 31.2 Å². The van der Waals surface area contributed by atoms with E-state index in [0.29, 0.717) is 13.2 Å². The van der Waals surface area contributed by atoms with Crippen molar-refractivity contribution in [1.29, 1.82) is 0 Å². The van der Waals surface area contributed by atoms with Crippen LogP contribution in [0, 0.1) is 0 Å². The highest BCUT2D eigenvalue weighted by atomic mass is 79.9. The van der Waals surface area contributed by atoms with E-state index < -0.39 is 0 Å². The van der Waals surface area contributed by atoms with Crippen LogP contribution in [0.4, 0.5) is 5.69 Å². The van der Waals surface area contributed by atoms with Crippen LogP contribution in [0.25, 0.3) is 0 Å². The molecule has 0 radical (unpaired) electrons. The van der Waals surface area contributed by atoms with E-state index in [1.807, 2.05) is 12.1 Å². The number of benzene rings is 1. The van der Waals surface area contributed by atoms with E-state index in [9.17, 15) is 0 Å². The zero-order chi connectivity index (χ0) is 13.7. The summed E-state index contributed by atoms with van der Waals surface area (Å²) in [6.07, 6.45) is 2.27. The molecule has 0 atom stereocenters. The van der Waals surface area contributed by atoms with Crippen molar-refractivity contribution in [1.82, 2.24) is 0 Å². The van der Waals surface area contributed by atoms with Gasteiger partial charge in [-0.3, -0.25) is 0 Å². The van der Waals surface area contributed by atoms with Gasteiger partial charge in [0.25, 0.3) is 0 Å². The maximum absolute atomic E-state index is 8.77. The van der Waals surface area contributed by atoms with Gasteiger partial charge in [0.1, 0.15) is 0 Å². The first-order valence-electron chi connectivity index (χ1n) is 6.71. The quantitative estimate of drug-likeness (QED) is 0.866. The fourth-order valence-electron chi connectivity index (χ4n) is 2.53. The Morgan fingerprint density at radius 3 is 2.74 bits per heavy atom. The molecule has 0 amide bonds. The second-order valence-corrected chi connectivity index (χ2v) is 5.58. The van der Waals surface area contributed by atoms with Gasteiger partial charge in [0.05, 0.1) is 19.3 Å². The van der Waals surface area contributed by atoms with Crippen LogP contribution < -0.4 is 10.6 Å². The number of halogens is 1. The molecule has 1 aromatic carbocycles. The van der Waals surface area contributed by atoms with Gasteiger partial charge in [-0.15, -0.1) is 0 Å². The molecule has 1 aromatic rings. The molecule has 3 N–H and O–H groups in total. The molecular weight excluding hydrogens is 308 g/mol. The highest BCUT2D eigenvalue weighted by molar-refractivity contribution is 9.10. The van der Waals surface area contributed by atoms with Gasteiger partial charge in [0, 0.05) is 35.4 Å². The summed E-state index contributed by atoms with van der Waals surface area (Å²) in [5, 5.41) is 8.77. The van der Waals surface area contributed by atoms with E-state index in [2.05, 4.69) is 26.9 Å². The van der Waals surface area contributed by atoms with Gasteiger partial charge >= 0.3 is 0 Å². The minimum Gasteiger partial charge on any atom is -0.394 e. The largest absolute Gasteiger partial charge is 0.394 e. The van der Waals surface area contributed by atoms with Crippen LogP contribution in [0.2, 0.25) is 0 Å². The lowest BCUT2D eigenvalue weighted by Gasteiger charge is -2.34. The zero-order valence-electron chi connectivity index (χ0n) is 11.0. The van der Waals surface area contributed by atoms with Crippen molar-refractivity contribution in [2.45, 2.75) is 25.5 Å². The van der Waals surface area contributed by atoms with Crippen molar-refractivity contribution in [2.24, 2.45) is 5.73 Å². The van der Waals surface area contributed by atoms with Gasteiger partial charge in [-0.2, -0.15) is 0 Å². The van der Waals surface area contributed by atoms with E-state index in [4.69, 9.17) is 15.6 Å². The number of hydrogen-bond acceptors (Lipinski definition) is 4. The summed E-state index contributed by atoms with van der Waals surface area (Å²) in [6, 6.07) is 6.21. The maximum Gasteiger partial charge on any atom is 0.0701 e. The molecule has 19 heavy (non-hydrogen) atoms. The zero-order valence-corrected chi connectivity index (χ0v) is 12.6. The van der Waals surface area contributed by atoms with Crippen LogP contribution >= 0.6 is 15.9 Å². The minimum atomic E-state index is 0.100.